The lowest BCUT2D eigenvalue weighted by atomic mass is 9.90. The van der Waals surface area contributed by atoms with Crippen molar-refractivity contribution in [2.75, 3.05) is 30.7 Å². The molecule has 5 heteroatoms. The van der Waals surface area contributed by atoms with Crippen molar-refractivity contribution in [1.29, 1.82) is 0 Å². The molecule has 3 N–H and O–H groups in total. The molecule has 1 fully saturated rings. The van der Waals surface area contributed by atoms with Crippen LogP contribution in [-0.2, 0) is 17.6 Å². The van der Waals surface area contributed by atoms with Gasteiger partial charge >= 0.3 is 0 Å². The molecule has 0 bridgehead atoms. The second-order valence-electron chi connectivity index (χ2n) is 8.64. The highest BCUT2D eigenvalue weighted by atomic mass is 19.1. The van der Waals surface area contributed by atoms with Crippen molar-refractivity contribution in [2.45, 2.75) is 25.7 Å². The molecule has 1 aliphatic heterocycles. The van der Waals surface area contributed by atoms with Gasteiger partial charge in [-0.15, -0.1) is 0 Å². The number of rotatable bonds is 7. The van der Waals surface area contributed by atoms with Crippen molar-refractivity contribution in [3.8, 4) is 0 Å². The van der Waals surface area contributed by atoms with E-state index in [2.05, 4.69) is 22.3 Å². The summed E-state index contributed by atoms with van der Waals surface area (Å²) in [6.45, 7) is 2.15. The molecule has 0 saturated carbocycles. The number of benzene rings is 3. The Morgan fingerprint density at radius 3 is 2.38 bits per heavy atom. The van der Waals surface area contributed by atoms with E-state index in [4.69, 9.17) is 5.73 Å². The zero-order valence-electron chi connectivity index (χ0n) is 18.3. The number of likely N-dealkylation sites (tertiary alicyclic amines) is 1. The van der Waals surface area contributed by atoms with Crippen LogP contribution in [0.4, 0.5) is 15.8 Å². The van der Waals surface area contributed by atoms with Gasteiger partial charge in [-0.2, -0.15) is 0 Å². The smallest absolute Gasteiger partial charge is 0.238 e. The Balaban J connectivity index is 1.27. The summed E-state index contributed by atoms with van der Waals surface area (Å²) in [5, 5.41) is 3.00. The summed E-state index contributed by atoms with van der Waals surface area (Å²) in [4.78, 5) is 14.9. The molecule has 0 aromatic heterocycles. The van der Waals surface area contributed by atoms with Gasteiger partial charge in [0.25, 0.3) is 0 Å². The normalized spacial score (nSPS) is 14.9. The molecule has 1 heterocycles. The first-order chi connectivity index (χ1) is 15.6. The molecule has 1 amide bonds. The molecule has 3 aromatic rings. The summed E-state index contributed by atoms with van der Waals surface area (Å²) >= 11 is 0. The minimum absolute atomic E-state index is 0.0365. The molecule has 4 rings (SSSR count). The Hall–Kier alpha value is -3.18. The second kappa shape index (κ2) is 10.4. The van der Waals surface area contributed by atoms with Crippen LogP contribution < -0.4 is 11.1 Å². The first-order valence-electron chi connectivity index (χ1n) is 11.2. The molecular formula is C27H30FN3O. The average Bonchev–Trinajstić information content (AvgIpc) is 2.80. The lowest BCUT2D eigenvalue weighted by Gasteiger charge is -2.31. The number of hydrogen-bond acceptors (Lipinski definition) is 3. The minimum Gasteiger partial charge on any atom is -0.397 e. The van der Waals surface area contributed by atoms with Gasteiger partial charge in [0.15, 0.2) is 0 Å². The third kappa shape index (κ3) is 5.95. The van der Waals surface area contributed by atoms with Crippen LogP contribution in [-0.4, -0.2) is 30.4 Å². The fourth-order valence-corrected chi connectivity index (χ4v) is 4.39. The molecular weight excluding hydrogens is 401 g/mol. The fraction of sp³-hybridized carbons (Fsp3) is 0.296. The first kappa shape index (κ1) is 22.0. The van der Waals surface area contributed by atoms with Crippen molar-refractivity contribution in [3.63, 3.8) is 0 Å². The van der Waals surface area contributed by atoms with Crippen LogP contribution in [0.5, 0.6) is 0 Å². The highest BCUT2D eigenvalue weighted by Crippen LogP contribution is 2.26. The van der Waals surface area contributed by atoms with E-state index in [0.29, 0.717) is 23.8 Å². The largest absolute Gasteiger partial charge is 0.397 e. The van der Waals surface area contributed by atoms with E-state index >= 15 is 0 Å². The number of halogens is 1. The van der Waals surface area contributed by atoms with E-state index in [9.17, 15) is 9.18 Å². The van der Waals surface area contributed by atoms with Crippen molar-refractivity contribution in [3.05, 3.63) is 95.3 Å². The predicted molar refractivity (Wildman–Crippen MR) is 128 cm³/mol. The number of nitrogen functional groups attached to an aromatic ring is 1. The van der Waals surface area contributed by atoms with Crippen molar-refractivity contribution < 1.29 is 9.18 Å². The number of amides is 1. The summed E-state index contributed by atoms with van der Waals surface area (Å²) in [6.07, 6.45) is 3.78. The Labute approximate surface area is 189 Å². The van der Waals surface area contributed by atoms with Crippen molar-refractivity contribution in [2.24, 2.45) is 5.92 Å². The summed E-state index contributed by atoms with van der Waals surface area (Å²) in [7, 11) is 0. The lowest BCUT2D eigenvalue weighted by molar-refractivity contribution is -0.117. The molecule has 32 heavy (non-hydrogen) atoms. The number of carbonyl (C=O) groups excluding carboxylic acids is 1. The van der Waals surface area contributed by atoms with Crippen LogP contribution >= 0.6 is 0 Å². The number of carbonyl (C=O) groups is 1. The topological polar surface area (TPSA) is 58.4 Å². The molecule has 0 spiro atoms. The first-order valence-corrected chi connectivity index (χ1v) is 11.2. The van der Waals surface area contributed by atoms with Crippen LogP contribution in [0.2, 0.25) is 0 Å². The van der Waals surface area contributed by atoms with Gasteiger partial charge in [0.05, 0.1) is 17.9 Å². The number of anilines is 2. The summed E-state index contributed by atoms with van der Waals surface area (Å²) < 4.78 is 13.1. The van der Waals surface area contributed by atoms with Crippen molar-refractivity contribution in [1.82, 2.24) is 4.90 Å². The van der Waals surface area contributed by atoms with Gasteiger partial charge in [-0.05, 0) is 79.6 Å². The molecule has 0 aliphatic carbocycles. The monoisotopic (exact) mass is 431 g/mol. The summed E-state index contributed by atoms with van der Waals surface area (Å²) in [5.41, 5.74) is 11.0. The number of nitrogens with zero attached hydrogens (tertiary/aromatic N) is 1. The quantitative estimate of drug-likeness (QED) is 0.524. The maximum Gasteiger partial charge on any atom is 0.238 e. The SMILES string of the molecule is Nc1c(Cc2ccccc2)cccc1NC(=O)CN1CCC(Cc2ccc(F)cc2)CC1. The number of nitrogens with two attached hydrogens (primary N) is 1. The van der Waals surface area contributed by atoms with Gasteiger partial charge in [0, 0.05) is 0 Å². The molecule has 3 aromatic carbocycles. The van der Waals surface area contributed by atoms with E-state index in [1.807, 2.05) is 48.5 Å². The van der Waals surface area contributed by atoms with Crippen LogP contribution in [0, 0.1) is 11.7 Å². The van der Waals surface area contributed by atoms with E-state index in [1.54, 1.807) is 0 Å². The zero-order chi connectivity index (χ0) is 22.3. The summed E-state index contributed by atoms with van der Waals surface area (Å²) in [5.74, 6) is 0.344. The average molecular weight is 432 g/mol. The highest BCUT2D eigenvalue weighted by molar-refractivity contribution is 5.95. The Kier molecular flexibility index (Phi) is 7.17. The van der Waals surface area contributed by atoms with Gasteiger partial charge < -0.3 is 11.1 Å². The number of nitrogens with one attached hydrogen (secondary N) is 1. The highest BCUT2D eigenvalue weighted by Gasteiger charge is 2.21. The van der Waals surface area contributed by atoms with E-state index < -0.39 is 0 Å². The zero-order valence-corrected chi connectivity index (χ0v) is 18.3. The van der Waals surface area contributed by atoms with Crippen LogP contribution in [0.1, 0.15) is 29.5 Å². The fourth-order valence-electron chi connectivity index (χ4n) is 4.39. The molecule has 166 valence electrons. The van der Waals surface area contributed by atoms with Crippen LogP contribution in [0.3, 0.4) is 0 Å². The molecule has 0 radical (unpaired) electrons. The molecule has 4 nitrogen and oxygen atoms in total. The maximum atomic E-state index is 13.1. The molecule has 0 atom stereocenters. The molecule has 1 saturated heterocycles. The Morgan fingerprint density at radius 1 is 0.938 bits per heavy atom. The van der Waals surface area contributed by atoms with Gasteiger partial charge in [0.2, 0.25) is 5.91 Å². The molecule has 0 unspecified atom stereocenters. The van der Waals surface area contributed by atoms with Crippen LogP contribution in [0.15, 0.2) is 72.8 Å². The predicted octanol–water partition coefficient (Wildman–Crippen LogP) is 4.89. The lowest BCUT2D eigenvalue weighted by Crippen LogP contribution is -2.39. The third-order valence-corrected chi connectivity index (χ3v) is 6.22. The van der Waals surface area contributed by atoms with Gasteiger partial charge in [-0.25, -0.2) is 4.39 Å². The minimum atomic E-state index is -0.194. The Bertz CT molecular complexity index is 1030. The number of para-hydroxylation sites is 1. The second-order valence-corrected chi connectivity index (χ2v) is 8.64. The van der Waals surface area contributed by atoms with E-state index in [-0.39, 0.29) is 11.7 Å². The van der Waals surface area contributed by atoms with Gasteiger partial charge in [-0.3, -0.25) is 9.69 Å². The maximum absolute atomic E-state index is 13.1. The van der Waals surface area contributed by atoms with E-state index in [1.165, 1.54) is 23.3 Å². The summed E-state index contributed by atoms with van der Waals surface area (Å²) in [6, 6.07) is 22.7. The van der Waals surface area contributed by atoms with Gasteiger partial charge in [0.1, 0.15) is 5.82 Å². The molecule has 1 aliphatic rings. The standard InChI is InChI=1S/C27H30FN3O/c28-24-11-9-21(10-12-24)17-22-13-15-31(16-14-22)19-26(32)30-25-8-4-7-23(27(25)29)18-20-5-2-1-3-6-20/h1-12,22H,13-19,29H2,(H,30,32). The van der Waals surface area contributed by atoms with Crippen LogP contribution in [0.25, 0.3) is 0 Å². The van der Waals surface area contributed by atoms with Gasteiger partial charge in [-0.1, -0.05) is 54.6 Å². The third-order valence-electron chi connectivity index (χ3n) is 6.22. The van der Waals surface area contributed by atoms with Crippen molar-refractivity contribution >= 4 is 17.3 Å². The number of hydrogen-bond donors (Lipinski definition) is 2. The van der Waals surface area contributed by atoms with E-state index in [0.717, 1.165) is 44.3 Å². The number of piperidine rings is 1. The Morgan fingerprint density at radius 2 is 1.66 bits per heavy atom.